The first-order valence-corrected chi connectivity index (χ1v) is 9.69. The lowest BCUT2D eigenvalue weighted by molar-refractivity contribution is -0.384. The van der Waals surface area contributed by atoms with Crippen molar-refractivity contribution in [3.63, 3.8) is 0 Å². The lowest BCUT2D eigenvalue weighted by atomic mass is 9.98. The van der Waals surface area contributed by atoms with Gasteiger partial charge < -0.3 is 28.4 Å². The molecule has 13 heteroatoms. The second-order valence-electron chi connectivity index (χ2n) is 6.94. The Kier molecular flexibility index (Phi) is 8.68. The summed E-state index contributed by atoms with van der Waals surface area (Å²) in [6, 6.07) is 4.93. The summed E-state index contributed by atoms with van der Waals surface area (Å²) in [6.45, 7) is 4.05. The van der Waals surface area contributed by atoms with Gasteiger partial charge in [-0.05, 0) is 12.1 Å². The number of ether oxygens (including phenoxy) is 6. The van der Waals surface area contributed by atoms with Crippen LogP contribution in [-0.2, 0) is 42.9 Å². The molecule has 0 radical (unpaired) electrons. The first kappa shape index (κ1) is 25.5. The van der Waals surface area contributed by atoms with Gasteiger partial charge in [-0.1, -0.05) is 0 Å². The summed E-state index contributed by atoms with van der Waals surface area (Å²) in [5.41, 5.74) is -0.191. The van der Waals surface area contributed by atoms with Crippen LogP contribution in [0, 0.1) is 10.1 Å². The quantitative estimate of drug-likeness (QED) is 0.230. The number of benzene rings is 1. The van der Waals surface area contributed by atoms with Crippen LogP contribution in [0.5, 0.6) is 5.75 Å². The van der Waals surface area contributed by atoms with Gasteiger partial charge in [0.2, 0.25) is 12.4 Å². The first-order valence-electron chi connectivity index (χ1n) is 9.69. The fourth-order valence-corrected chi connectivity index (χ4v) is 3.06. The third-order valence-corrected chi connectivity index (χ3v) is 4.25. The Labute approximate surface area is 188 Å². The van der Waals surface area contributed by atoms with E-state index in [0.29, 0.717) is 0 Å². The van der Waals surface area contributed by atoms with Crippen molar-refractivity contribution in [3.05, 3.63) is 34.4 Å². The lowest BCUT2D eigenvalue weighted by Crippen LogP contribution is -2.63. The average molecular weight is 469 g/mol. The van der Waals surface area contributed by atoms with Crippen molar-refractivity contribution < 1.29 is 52.5 Å². The SMILES string of the molecule is CC(=O)OCC1O[C@@H](Oc2ccc([N+](=O)[O-])cc2)C(OC(C)=O)C(OC(C)=O)[C@H]1OC(C)=O. The Hall–Kier alpha value is -3.74. The minimum atomic E-state index is -1.42. The highest BCUT2D eigenvalue weighted by molar-refractivity contribution is 5.68. The van der Waals surface area contributed by atoms with E-state index in [9.17, 15) is 29.3 Å². The molecular weight excluding hydrogens is 446 g/mol. The summed E-state index contributed by atoms with van der Waals surface area (Å²) in [5.74, 6) is -2.87. The normalized spacial score (nSPS) is 24.2. The molecule has 1 aromatic carbocycles. The van der Waals surface area contributed by atoms with Crippen LogP contribution in [0.3, 0.4) is 0 Å². The maximum Gasteiger partial charge on any atom is 0.303 e. The van der Waals surface area contributed by atoms with E-state index in [1.54, 1.807) is 0 Å². The van der Waals surface area contributed by atoms with Crippen LogP contribution in [0.4, 0.5) is 5.69 Å². The van der Waals surface area contributed by atoms with Crippen molar-refractivity contribution in [2.24, 2.45) is 0 Å². The molecule has 0 aromatic heterocycles. The van der Waals surface area contributed by atoms with Crippen LogP contribution in [0.2, 0.25) is 0 Å². The molecular formula is C20H23NO12. The second kappa shape index (κ2) is 11.2. The summed E-state index contributed by atoms with van der Waals surface area (Å²) in [7, 11) is 0. The summed E-state index contributed by atoms with van der Waals surface area (Å²) >= 11 is 0. The van der Waals surface area contributed by atoms with E-state index in [0.717, 1.165) is 27.7 Å². The van der Waals surface area contributed by atoms with Gasteiger partial charge in [-0.3, -0.25) is 29.3 Å². The van der Waals surface area contributed by atoms with Gasteiger partial charge in [0.1, 0.15) is 18.5 Å². The van der Waals surface area contributed by atoms with Gasteiger partial charge >= 0.3 is 23.9 Å². The van der Waals surface area contributed by atoms with E-state index in [4.69, 9.17) is 28.4 Å². The van der Waals surface area contributed by atoms with Crippen LogP contribution in [0.25, 0.3) is 0 Å². The summed E-state index contributed by atoms with van der Waals surface area (Å²) in [5, 5.41) is 10.9. The molecule has 1 heterocycles. The number of carbonyl (C=O) groups is 4. The van der Waals surface area contributed by atoms with Crippen LogP contribution in [-0.4, -0.2) is 66.1 Å². The number of carbonyl (C=O) groups excluding carboxylic acids is 4. The molecule has 0 bridgehead atoms. The number of nitro groups is 1. The predicted octanol–water partition coefficient (Wildman–Crippen LogP) is 1.06. The van der Waals surface area contributed by atoms with Gasteiger partial charge in [0.05, 0.1) is 4.92 Å². The fraction of sp³-hybridized carbons (Fsp3) is 0.500. The molecule has 1 saturated heterocycles. The van der Waals surface area contributed by atoms with Crippen LogP contribution >= 0.6 is 0 Å². The number of hydrogen-bond donors (Lipinski definition) is 0. The minimum Gasteiger partial charge on any atom is -0.463 e. The number of esters is 4. The molecule has 1 aliphatic rings. The number of nitro benzene ring substituents is 1. The minimum absolute atomic E-state index is 0.0986. The molecule has 2 rings (SSSR count). The lowest BCUT2D eigenvalue weighted by Gasteiger charge is -2.43. The van der Waals surface area contributed by atoms with Crippen molar-refractivity contribution >= 4 is 29.6 Å². The van der Waals surface area contributed by atoms with Gasteiger partial charge in [-0.25, -0.2) is 0 Å². The Balaban J connectivity index is 2.43. The van der Waals surface area contributed by atoms with Gasteiger partial charge in [-0.15, -0.1) is 0 Å². The average Bonchev–Trinajstić information content (AvgIpc) is 2.70. The topological polar surface area (TPSA) is 167 Å². The molecule has 0 spiro atoms. The molecule has 0 saturated carbocycles. The Morgan fingerprint density at radius 2 is 1.36 bits per heavy atom. The maximum absolute atomic E-state index is 11.8. The molecule has 13 nitrogen and oxygen atoms in total. The Morgan fingerprint density at radius 1 is 0.848 bits per heavy atom. The highest BCUT2D eigenvalue weighted by Crippen LogP contribution is 2.31. The maximum atomic E-state index is 11.8. The van der Waals surface area contributed by atoms with Crippen LogP contribution in [0.15, 0.2) is 24.3 Å². The summed E-state index contributed by atoms with van der Waals surface area (Å²) < 4.78 is 32.3. The van der Waals surface area contributed by atoms with Gasteiger partial charge in [-0.2, -0.15) is 0 Å². The zero-order valence-corrected chi connectivity index (χ0v) is 18.2. The van der Waals surface area contributed by atoms with E-state index in [1.807, 2.05) is 0 Å². The third kappa shape index (κ3) is 7.42. The van der Waals surface area contributed by atoms with E-state index < -0.39 is 66.1 Å². The molecule has 0 aliphatic carbocycles. The summed E-state index contributed by atoms with van der Waals surface area (Å²) in [6.07, 6.45) is -6.69. The molecule has 5 atom stereocenters. The molecule has 3 unspecified atom stereocenters. The zero-order valence-electron chi connectivity index (χ0n) is 18.2. The smallest absolute Gasteiger partial charge is 0.303 e. The Morgan fingerprint density at radius 3 is 1.85 bits per heavy atom. The standard InChI is InChI=1S/C20H23NO12/c1-10(22)28-9-16-17(29-11(2)23)18(30-12(3)24)19(31-13(4)25)20(33-16)32-15-7-5-14(6-8-15)21(26)27/h5-8,16-20H,9H2,1-4H3/t16?,17-,18?,19?,20+/m0/s1. The zero-order chi connectivity index (χ0) is 24.7. The second-order valence-corrected chi connectivity index (χ2v) is 6.94. The van der Waals surface area contributed by atoms with Crippen molar-refractivity contribution in [1.82, 2.24) is 0 Å². The van der Waals surface area contributed by atoms with Gasteiger partial charge in [0.15, 0.2) is 12.2 Å². The van der Waals surface area contributed by atoms with Crippen LogP contribution in [0.1, 0.15) is 27.7 Å². The van der Waals surface area contributed by atoms with E-state index in [2.05, 4.69) is 0 Å². The van der Waals surface area contributed by atoms with E-state index in [1.165, 1.54) is 24.3 Å². The number of non-ortho nitro benzene ring substituents is 1. The molecule has 1 aliphatic heterocycles. The predicted molar refractivity (Wildman–Crippen MR) is 106 cm³/mol. The van der Waals surface area contributed by atoms with Crippen LogP contribution < -0.4 is 4.74 Å². The molecule has 1 aromatic rings. The molecule has 0 N–H and O–H groups in total. The highest BCUT2D eigenvalue weighted by Gasteiger charge is 2.53. The number of hydrogen-bond acceptors (Lipinski definition) is 12. The number of rotatable bonds is 8. The van der Waals surface area contributed by atoms with Crippen molar-refractivity contribution in [2.75, 3.05) is 6.61 Å². The monoisotopic (exact) mass is 469 g/mol. The molecule has 0 amide bonds. The first-order chi connectivity index (χ1) is 15.5. The fourth-order valence-electron chi connectivity index (χ4n) is 3.06. The third-order valence-electron chi connectivity index (χ3n) is 4.25. The highest BCUT2D eigenvalue weighted by atomic mass is 16.7. The van der Waals surface area contributed by atoms with Gasteiger partial charge in [0.25, 0.3) is 5.69 Å². The Bertz CT molecular complexity index is 899. The largest absolute Gasteiger partial charge is 0.463 e. The van der Waals surface area contributed by atoms with Gasteiger partial charge in [0, 0.05) is 39.8 Å². The van der Waals surface area contributed by atoms with Crippen molar-refractivity contribution in [1.29, 1.82) is 0 Å². The molecule has 180 valence electrons. The van der Waals surface area contributed by atoms with Crippen molar-refractivity contribution in [2.45, 2.75) is 58.4 Å². The molecule has 33 heavy (non-hydrogen) atoms. The van der Waals surface area contributed by atoms with E-state index >= 15 is 0 Å². The van der Waals surface area contributed by atoms with E-state index in [-0.39, 0.29) is 11.4 Å². The summed E-state index contributed by atoms with van der Waals surface area (Å²) in [4.78, 5) is 56.8. The number of nitrogens with zero attached hydrogens (tertiary/aromatic N) is 1. The molecule has 1 fully saturated rings. The van der Waals surface area contributed by atoms with Crippen molar-refractivity contribution in [3.8, 4) is 5.75 Å².